The second kappa shape index (κ2) is 16.2. The fourth-order valence-electron chi connectivity index (χ4n) is 6.10. The first-order chi connectivity index (χ1) is 24.8. The number of hydrogen-bond acceptors (Lipinski definition) is 6. The van der Waals surface area contributed by atoms with Gasteiger partial charge >= 0.3 is 0 Å². The first kappa shape index (κ1) is 43.7. The molecule has 0 atom stereocenters. The van der Waals surface area contributed by atoms with Crippen molar-refractivity contribution >= 4 is 64.3 Å². The molecule has 0 aliphatic carbocycles. The van der Waals surface area contributed by atoms with Crippen LogP contribution in [0.4, 0.5) is 5.69 Å². The van der Waals surface area contributed by atoms with Gasteiger partial charge in [-0.25, -0.2) is 21.6 Å². The van der Waals surface area contributed by atoms with E-state index in [9.17, 15) is 16.8 Å². The van der Waals surface area contributed by atoms with Crippen LogP contribution in [0.2, 0.25) is 28.2 Å². The van der Waals surface area contributed by atoms with Gasteiger partial charge in [-0.2, -0.15) is 0 Å². The highest BCUT2D eigenvalue weighted by Gasteiger charge is 2.50. The largest absolute Gasteiger partial charge is 0.543 e. The Morgan fingerprint density at radius 3 is 1.76 bits per heavy atom. The van der Waals surface area contributed by atoms with Gasteiger partial charge in [0.05, 0.1) is 18.0 Å². The van der Waals surface area contributed by atoms with E-state index in [1.807, 2.05) is 36.4 Å². The van der Waals surface area contributed by atoms with Crippen molar-refractivity contribution in [2.75, 3.05) is 10.5 Å². The van der Waals surface area contributed by atoms with Crippen molar-refractivity contribution < 1.29 is 25.7 Å². The second-order valence-corrected chi connectivity index (χ2v) is 30.4. The molecule has 0 aliphatic rings. The van der Waals surface area contributed by atoms with Crippen LogP contribution in [-0.4, -0.2) is 44.8 Å². The standard InChI is InChI=1S/C41H57ClN2O6S2Si2/c1-39(2,3)44-52(47,48)38-28-31(30-49-54(41(7,8)9,34-18-14-12-15-19-34)35-20-16-13-17-21-35)22-25-36(38)43-51(45,46)27-26-32-23-24-33(42)29-37(32)50-53(10,11)40(4,5)6/h12-25,28-29,43-44H,26-27,30H2,1-11H3. The average molecular weight is 830 g/mol. The molecule has 294 valence electrons. The molecule has 0 saturated heterocycles. The fraction of sp³-hybridized carbons (Fsp3) is 0.415. The molecule has 0 bridgehead atoms. The molecule has 54 heavy (non-hydrogen) atoms. The van der Waals surface area contributed by atoms with Crippen LogP contribution in [-0.2, 0) is 37.5 Å². The lowest BCUT2D eigenvalue weighted by atomic mass is 10.1. The maximum atomic E-state index is 14.0. The van der Waals surface area contributed by atoms with E-state index in [1.165, 1.54) is 12.1 Å². The van der Waals surface area contributed by atoms with E-state index >= 15 is 0 Å². The summed E-state index contributed by atoms with van der Waals surface area (Å²) in [6, 6.07) is 30.3. The molecule has 4 rings (SSSR count). The van der Waals surface area contributed by atoms with Crippen LogP contribution in [0.3, 0.4) is 0 Å². The van der Waals surface area contributed by atoms with E-state index in [4.69, 9.17) is 20.5 Å². The maximum Gasteiger partial charge on any atom is 0.261 e. The van der Waals surface area contributed by atoms with Crippen molar-refractivity contribution in [1.82, 2.24) is 4.72 Å². The lowest BCUT2D eigenvalue weighted by Crippen LogP contribution is -2.66. The molecule has 0 fully saturated rings. The van der Waals surface area contributed by atoms with Gasteiger partial charge in [-0.15, -0.1) is 0 Å². The van der Waals surface area contributed by atoms with Crippen LogP contribution in [0.1, 0.15) is 73.4 Å². The molecule has 13 heteroatoms. The SMILES string of the molecule is CC(C)(C)NS(=O)(=O)c1cc(CO[Si](c2ccccc2)(c2ccccc2)C(C)(C)C)ccc1NS(=O)(=O)CCc1ccc(Cl)cc1O[Si](C)(C)C(C)(C)C. The third-order valence-electron chi connectivity index (χ3n) is 9.75. The Balaban J connectivity index is 1.70. The van der Waals surface area contributed by atoms with Crippen molar-refractivity contribution in [3.8, 4) is 5.75 Å². The van der Waals surface area contributed by atoms with Gasteiger partial charge in [-0.1, -0.05) is 126 Å². The molecular weight excluding hydrogens is 772 g/mol. The van der Waals surface area contributed by atoms with Gasteiger partial charge in [0.25, 0.3) is 8.32 Å². The molecular formula is C41H57ClN2O6S2Si2. The number of sulfonamides is 2. The van der Waals surface area contributed by atoms with Gasteiger partial charge in [-0.3, -0.25) is 4.72 Å². The Labute approximate surface area is 331 Å². The molecule has 0 aliphatic heterocycles. The predicted octanol–water partition coefficient (Wildman–Crippen LogP) is 8.86. The Kier molecular flexibility index (Phi) is 13.2. The summed E-state index contributed by atoms with van der Waals surface area (Å²) in [7, 11) is -13.5. The van der Waals surface area contributed by atoms with Crippen LogP contribution >= 0.6 is 11.6 Å². The molecule has 2 N–H and O–H groups in total. The molecule has 0 aromatic heterocycles. The quantitative estimate of drug-likeness (QED) is 0.123. The summed E-state index contributed by atoms with van der Waals surface area (Å²) in [5.41, 5.74) is 0.419. The Hall–Kier alpha value is -2.98. The molecule has 0 saturated carbocycles. The minimum Gasteiger partial charge on any atom is -0.543 e. The Morgan fingerprint density at radius 2 is 1.26 bits per heavy atom. The first-order valence-corrected chi connectivity index (χ1v) is 26.5. The molecule has 0 heterocycles. The minimum atomic E-state index is -4.19. The van der Waals surface area contributed by atoms with Gasteiger partial charge in [-0.05, 0) is 96.1 Å². The highest BCUT2D eigenvalue weighted by molar-refractivity contribution is 7.93. The van der Waals surface area contributed by atoms with Gasteiger partial charge in [0, 0.05) is 10.6 Å². The van der Waals surface area contributed by atoms with Crippen LogP contribution in [0, 0.1) is 0 Å². The topological polar surface area (TPSA) is 111 Å². The molecule has 0 radical (unpaired) electrons. The van der Waals surface area contributed by atoms with E-state index < -0.39 is 42.2 Å². The maximum absolute atomic E-state index is 14.0. The molecule has 4 aromatic rings. The van der Waals surface area contributed by atoms with Crippen molar-refractivity contribution in [3.05, 3.63) is 113 Å². The van der Waals surface area contributed by atoms with Gasteiger partial charge in [0.2, 0.25) is 28.4 Å². The number of rotatable bonds is 14. The molecule has 0 amide bonds. The van der Waals surface area contributed by atoms with Crippen molar-refractivity contribution in [3.63, 3.8) is 0 Å². The predicted molar refractivity (Wildman–Crippen MR) is 229 cm³/mol. The normalized spacial score (nSPS) is 13.5. The molecule has 8 nitrogen and oxygen atoms in total. The summed E-state index contributed by atoms with van der Waals surface area (Å²) >= 11 is 6.34. The van der Waals surface area contributed by atoms with E-state index in [-0.39, 0.29) is 39.4 Å². The third kappa shape index (κ3) is 10.7. The summed E-state index contributed by atoms with van der Waals surface area (Å²) in [6.07, 6.45) is 0.128. The molecule has 4 aromatic carbocycles. The Morgan fingerprint density at radius 1 is 0.704 bits per heavy atom. The first-order valence-electron chi connectivity index (χ1n) is 18.2. The van der Waals surface area contributed by atoms with E-state index in [1.54, 1.807) is 45.0 Å². The van der Waals surface area contributed by atoms with Crippen molar-refractivity contribution in [2.24, 2.45) is 0 Å². The van der Waals surface area contributed by atoms with Crippen molar-refractivity contribution in [2.45, 2.75) is 109 Å². The lowest BCUT2D eigenvalue weighted by Gasteiger charge is -2.43. The zero-order valence-electron chi connectivity index (χ0n) is 33.5. The van der Waals surface area contributed by atoms with E-state index in [0.717, 1.165) is 10.4 Å². The lowest BCUT2D eigenvalue weighted by molar-refractivity contribution is 0.286. The highest BCUT2D eigenvalue weighted by atomic mass is 35.5. The molecule has 0 spiro atoms. The number of benzene rings is 4. The number of hydrogen-bond donors (Lipinski definition) is 2. The average Bonchev–Trinajstić information content (AvgIpc) is 3.03. The summed E-state index contributed by atoms with van der Waals surface area (Å²) in [4.78, 5) is -0.182. The zero-order valence-corrected chi connectivity index (χ0v) is 37.9. The number of aryl methyl sites for hydroxylation is 1. The summed E-state index contributed by atoms with van der Waals surface area (Å²) in [5.74, 6) is 0.250. The summed E-state index contributed by atoms with van der Waals surface area (Å²) in [6.45, 7) is 22.5. The highest BCUT2D eigenvalue weighted by Crippen LogP contribution is 2.40. The van der Waals surface area contributed by atoms with Gasteiger partial charge < -0.3 is 8.85 Å². The minimum absolute atomic E-state index is 0.0465. The van der Waals surface area contributed by atoms with Crippen molar-refractivity contribution in [1.29, 1.82) is 0 Å². The van der Waals surface area contributed by atoms with Crippen LogP contribution in [0.5, 0.6) is 5.75 Å². The van der Waals surface area contributed by atoms with E-state index in [0.29, 0.717) is 21.9 Å². The monoisotopic (exact) mass is 828 g/mol. The smallest absolute Gasteiger partial charge is 0.261 e. The summed E-state index contributed by atoms with van der Waals surface area (Å²) < 4.78 is 74.3. The van der Waals surface area contributed by atoms with Gasteiger partial charge in [0.15, 0.2) is 0 Å². The summed E-state index contributed by atoms with van der Waals surface area (Å²) in [5, 5.41) is 2.30. The Bertz CT molecular complexity index is 2090. The van der Waals surface area contributed by atoms with Crippen LogP contribution < -0.4 is 24.2 Å². The number of anilines is 1. The van der Waals surface area contributed by atoms with Crippen LogP contribution in [0.15, 0.2) is 102 Å². The fourth-order valence-corrected chi connectivity index (χ4v) is 14.6. The number of halogens is 1. The molecule has 0 unspecified atom stereocenters. The van der Waals surface area contributed by atoms with E-state index in [2.05, 4.69) is 88.3 Å². The number of nitrogens with one attached hydrogen (secondary N) is 2. The second-order valence-electron chi connectivity index (χ2n) is 17.4. The third-order valence-corrected chi connectivity index (χ3v) is 22.4. The van der Waals surface area contributed by atoms with Gasteiger partial charge in [0.1, 0.15) is 10.6 Å². The van der Waals surface area contributed by atoms with Crippen LogP contribution in [0.25, 0.3) is 0 Å². The zero-order chi connectivity index (χ0) is 40.4.